The van der Waals surface area contributed by atoms with E-state index in [-0.39, 0.29) is 17.2 Å². The van der Waals surface area contributed by atoms with E-state index in [0.717, 1.165) is 11.1 Å². The summed E-state index contributed by atoms with van der Waals surface area (Å²) in [4.78, 5) is 0. The highest BCUT2D eigenvalue weighted by molar-refractivity contribution is 7.08. The summed E-state index contributed by atoms with van der Waals surface area (Å²) in [7, 11) is 0. The smallest absolute Gasteiger partial charge is 0.193 e. The highest BCUT2D eigenvalue weighted by Crippen LogP contribution is 2.52. The third kappa shape index (κ3) is 1.81. The number of allylic oxidation sites excluding steroid dienone is 1. The van der Waals surface area contributed by atoms with Crippen molar-refractivity contribution >= 4 is 17.0 Å². The minimum Gasteiger partial charge on any atom is -0.380 e. The van der Waals surface area contributed by atoms with Crippen LogP contribution >= 0.6 is 11.3 Å². The summed E-state index contributed by atoms with van der Waals surface area (Å²) < 4.78 is 5.55. The Labute approximate surface area is 132 Å². The van der Waals surface area contributed by atoms with Gasteiger partial charge in [-0.3, -0.25) is 0 Å². The second kappa shape index (κ2) is 5.39. The van der Waals surface area contributed by atoms with Crippen molar-refractivity contribution in [2.24, 2.45) is 11.3 Å². The highest BCUT2D eigenvalue weighted by atomic mass is 32.1. The number of nitrogens with zero attached hydrogens (tertiary/aromatic N) is 3. The van der Waals surface area contributed by atoms with Crippen molar-refractivity contribution in [3.05, 3.63) is 33.5 Å². The molecule has 1 N–H and O–H groups in total. The number of fused-ring (bicyclic) bond motifs is 1. The van der Waals surface area contributed by atoms with Gasteiger partial charge < -0.3 is 10.1 Å². The van der Waals surface area contributed by atoms with E-state index in [1.54, 1.807) is 0 Å². The van der Waals surface area contributed by atoms with Gasteiger partial charge in [0.05, 0.1) is 36.6 Å². The van der Waals surface area contributed by atoms with Gasteiger partial charge >= 0.3 is 0 Å². The number of rotatable bonds is 1. The molecular formula is C16H12N4OS. The first kappa shape index (κ1) is 14.5. The van der Waals surface area contributed by atoms with Crippen molar-refractivity contribution in [1.29, 1.82) is 21.2 Å². The van der Waals surface area contributed by atoms with Gasteiger partial charge in [0.1, 0.15) is 6.07 Å². The van der Waals surface area contributed by atoms with E-state index in [9.17, 15) is 15.8 Å². The van der Waals surface area contributed by atoms with Crippen molar-refractivity contribution in [2.75, 3.05) is 13.2 Å². The third-order valence-corrected chi connectivity index (χ3v) is 5.16. The maximum atomic E-state index is 9.70. The standard InChI is InChI=1S/C16H12N4OS/c17-5-12-11-1-3-21-6-13(11)14(10-2-4-22-7-10)16(8-18,9-19)15(12)20/h2,4,7,13-14,20H,1,3,6H2/t13-,14+/m0/s1. The van der Waals surface area contributed by atoms with Crippen molar-refractivity contribution in [1.82, 2.24) is 0 Å². The van der Waals surface area contributed by atoms with Crippen molar-refractivity contribution < 1.29 is 4.74 Å². The second-order valence-corrected chi connectivity index (χ2v) is 6.16. The van der Waals surface area contributed by atoms with E-state index < -0.39 is 11.3 Å². The largest absolute Gasteiger partial charge is 0.380 e. The summed E-state index contributed by atoms with van der Waals surface area (Å²) in [6.45, 7) is 0.881. The lowest BCUT2D eigenvalue weighted by atomic mass is 9.57. The zero-order valence-corrected chi connectivity index (χ0v) is 12.5. The average Bonchev–Trinajstić information content (AvgIpc) is 3.08. The van der Waals surface area contributed by atoms with Crippen molar-refractivity contribution in [3.63, 3.8) is 0 Å². The monoisotopic (exact) mass is 308 g/mol. The molecule has 0 saturated carbocycles. The summed E-state index contributed by atoms with van der Waals surface area (Å²) >= 11 is 1.49. The molecule has 0 radical (unpaired) electrons. The maximum Gasteiger partial charge on any atom is 0.193 e. The molecule has 108 valence electrons. The zero-order valence-electron chi connectivity index (χ0n) is 11.7. The van der Waals surface area contributed by atoms with Gasteiger partial charge in [0, 0.05) is 11.8 Å². The molecule has 3 rings (SSSR count). The quantitative estimate of drug-likeness (QED) is 0.861. The van der Waals surface area contributed by atoms with Crippen LogP contribution in [0.4, 0.5) is 0 Å². The molecule has 0 aromatic carbocycles. The average molecular weight is 308 g/mol. The van der Waals surface area contributed by atoms with Gasteiger partial charge in [0.25, 0.3) is 0 Å². The lowest BCUT2D eigenvalue weighted by Gasteiger charge is -2.43. The van der Waals surface area contributed by atoms with Crippen LogP contribution in [-0.4, -0.2) is 18.9 Å². The van der Waals surface area contributed by atoms with E-state index in [1.807, 2.05) is 35.0 Å². The topological polar surface area (TPSA) is 104 Å². The number of nitrogens with one attached hydrogen (secondary N) is 1. The van der Waals surface area contributed by atoms with Crippen LogP contribution < -0.4 is 0 Å². The molecule has 1 saturated heterocycles. The van der Waals surface area contributed by atoms with E-state index in [4.69, 9.17) is 10.1 Å². The van der Waals surface area contributed by atoms with Gasteiger partial charge in [-0.2, -0.15) is 27.1 Å². The third-order valence-electron chi connectivity index (χ3n) is 4.46. The summed E-state index contributed by atoms with van der Waals surface area (Å²) in [6, 6.07) is 7.99. The molecule has 6 heteroatoms. The fraction of sp³-hybridized carbons (Fsp3) is 0.375. The molecule has 2 atom stereocenters. The summed E-state index contributed by atoms with van der Waals surface area (Å²) in [5, 5.41) is 41.0. The molecule has 5 nitrogen and oxygen atoms in total. The van der Waals surface area contributed by atoms with Crippen LogP contribution in [0, 0.1) is 50.7 Å². The van der Waals surface area contributed by atoms with E-state index in [0.29, 0.717) is 19.6 Å². The minimum atomic E-state index is -1.64. The molecule has 0 amide bonds. The number of thiophene rings is 1. The first-order chi connectivity index (χ1) is 10.7. The maximum absolute atomic E-state index is 9.70. The van der Waals surface area contributed by atoms with Gasteiger partial charge in [0.15, 0.2) is 5.41 Å². The Bertz CT molecular complexity index is 759. The van der Waals surface area contributed by atoms with Crippen LogP contribution in [0.1, 0.15) is 17.9 Å². The Morgan fingerprint density at radius 1 is 1.32 bits per heavy atom. The minimum absolute atomic E-state index is 0.163. The van der Waals surface area contributed by atoms with E-state index in [2.05, 4.69) is 0 Å². The van der Waals surface area contributed by atoms with Crippen LogP contribution in [0.15, 0.2) is 28.0 Å². The first-order valence-corrected chi connectivity index (χ1v) is 7.78. The molecule has 1 aliphatic carbocycles. The molecule has 0 unspecified atom stereocenters. The van der Waals surface area contributed by atoms with Gasteiger partial charge in [-0.15, -0.1) is 0 Å². The number of nitriles is 3. The summed E-state index contributed by atoms with van der Waals surface area (Å²) in [5.74, 6) is -0.667. The SMILES string of the molecule is N#CC1=C2CCOC[C@@H]2[C@@H](c2ccsc2)C(C#N)(C#N)C1=N. The van der Waals surface area contributed by atoms with E-state index in [1.165, 1.54) is 11.3 Å². The lowest BCUT2D eigenvalue weighted by molar-refractivity contribution is 0.0667. The van der Waals surface area contributed by atoms with Crippen molar-refractivity contribution in [2.45, 2.75) is 12.3 Å². The molecule has 2 heterocycles. The Morgan fingerprint density at radius 2 is 2.09 bits per heavy atom. The summed E-state index contributed by atoms with van der Waals surface area (Å²) in [6.07, 6.45) is 0.573. The molecule has 1 aromatic heterocycles. The van der Waals surface area contributed by atoms with Crippen LogP contribution in [0.2, 0.25) is 0 Å². The van der Waals surface area contributed by atoms with Gasteiger partial charge in [-0.1, -0.05) is 0 Å². The predicted molar refractivity (Wildman–Crippen MR) is 80.0 cm³/mol. The van der Waals surface area contributed by atoms with Crippen LogP contribution in [0.25, 0.3) is 0 Å². The van der Waals surface area contributed by atoms with Gasteiger partial charge in [0.2, 0.25) is 0 Å². The molecule has 1 aliphatic heterocycles. The number of ether oxygens (including phenoxy) is 1. The molecule has 1 aromatic rings. The molecule has 0 bridgehead atoms. The molecule has 2 aliphatic rings. The van der Waals surface area contributed by atoms with Gasteiger partial charge in [-0.25, -0.2) is 0 Å². The zero-order chi connectivity index (χ0) is 15.7. The number of hydrogen-bond acceptors (Lipinski definition) is 6. The second-order valence-electron chi connectivity index (χ2n) is 5.38. The van der Waals surface area contributed by atoms with Crippen molar-refractivity contribution in [3.8, 4) is 18.2 Å². The Balaban J connectivity index is 2.29. The van der Waals surface area contributed by atoms with Crippen LogP contribution in [-0.2, 0) is 4.74 Å². The Morgan fingerprint density at radius 3 is 2.68 bits per heavy atom. The van der Waals surface area contributed by atoms with E-state index >= 15 is 0 Å². The predicted octanol–water partition coefficient (Wildman–Crippen LogP) is 2.76. The molecular weight excluding hydrogens is 296 g/mol. The normalized spacial score (nSPS) is 26.5. The molecule has 1 fully saturated rings. The fourth-order valence-corrected chi connectivity index (χ4v) is 4.14. The van der Waals surface area contributed by atoms with Gasteiger partial charge in [-0.05, 0) is 34.4 Å². The van der Waals surface area contributed by atoms with Crippen LogP contribution in [0.3, 0.4) is 0 Å². The first-order valence-electron chi connectivity index (χ1n) is 6.84. The Kier molecular flexibility index (Phi) is 3.54. The molecule has 22 heavy (non-hydrogen) atoms. The highest BCUT2D eigenvalue weighted by Gasteiger charge is 2.55. The van der Waals surface area contributed by atoms with Crippen LogP contribution in [0.5, 0.6) is 0 Å². The molecule has 0 spiro atoms. The summed E-state index contributed by atoms with van der Waals surface area (Å²) in [5.41, 5.74) is 0.118. The lowest BCUT2D eigenvalue weighted by Crippen LogP contribution is -2.46. The fourth-order valence-electron chi connectivity index (χ4n) is 3.44. The Hall–Kier alpha value is -2.46. The number of hydrogen-bond donors (Lipinski definition) is 1.